The summed E-state index contributed by atoms with van der Waals surface area (Å²) < 4.78 is 21.4. The van der Waals surface area contributed by atoms with Crippen LogP contribution < -0.4 is 4.74 Å². The lowest BCUT2D eigenvalue weighted by Crippen LogP contribution is -2.31. The summed E-state index contributed by atoms with van der Waals surface area (Å²) in [5, 5.41) is 5.34. The van der Waals surface area contributed by atoms with Gasteiger partial charge >= 0.3 is 0 Å². The predicted octanol–water partition coefficient (Wildman–Crippen LogP) is 6.82. The summed E-state index contributed by atoms with van der Waals surface area (Å²) in [5.41, 5.74) is 2.82. The minimum atomic E-state index is -0.378. The normalized spacial score (nSPS) is 10.8. The van der Waals surface area contributed by atoms with Crippen molar-refractivity contribution in [3.05, 3.63) is 107 Å². The van der Waals surface area contributed by atoms with Crippen LogP contribution in [0.2, 0.25) is 5.02 Å². The van der Waals surface area contributed by atoms with Gasteiger partial charge in [0, 0.05) is 17.1 Å². The van der Waals surface area contributed by atoms with E-state index in [0.717, 1.165) is 23.4 Å². The van der Waals surface area contributed by atoms with E-state index in [1.807, 2.05) is 44.2 Å². The monoisotopic (exact) mass is 477 g/mol. The molecule has 3 aromatic carbocycles. The fourth-order valence-corrected chi connectivity index (χ4v) is 3.80. The van der Waals surface area contributed by atoms with Gasteiger partial charge in [0.05, 0.1) is 23.5 Å². The Morgan fingerprint density at radius 2 is 1.71 bits per heavy atom. The number of carbonyl (C=O) groups excluding carboxylic acids is 1. The summed E-state index contributed by atoms with van der Waals surface area (Å²) in [4.78, 5) is 15.0. The van der Waals surface area contributed by atoms with Gasteiger partial charge in [0.2, 0.25) is 5.88 Å². The van der Waals surface area contributed by atoms with Gasteiger partial charge in [-0.05, 0) is 74.0 Å². The lowest BCUT2D eigenvalue weighted by Gasteiger charge is -2.23. The number of amides is 1. The molecule has 4 aromatic rings. The van der Waals surface area contributed by atoms with E-state index in [1.165, 1.54) is 24.3 Å². The fraction of sp³-hybridized carbons (Fsp3) is 0.185. The van der Waals surface area contributed by atoms with E-state index < -0.39 is 0 Å². The second kappa shape index (κ2) is 10.5. The molecule has 34 heavy (non-hydrogen) atoms. The molecular formula is C27H25ClFN3O2. The van der Waals surface area contributed by atoms with Crippen molar-refractivity contribution < 1.29 is 13.9 Å². The molecular weight excluding hydrogens is 453 g/mol. The lowest BCUT2D eigenvalue weighted by atomic mass is 10.1. The highest BCUT2D eigenvalue weighted by atomic mass is 35.5. The molecule has 4 rings (SSSR count). The number of aromatic nitrogens is 2. The number of halogens is 2. The van der Waals surface area contributed by atoms with E-state index in [9.17, 15) is 9.18 Å². The van der Waals surface area contributed by atoms with Crippen molar-refractivity contribution in [2.75, 3.05) is 6.54 Å². The van der Waals surface area contributed by atoms with Crippen LogP contribution >= 0.6 is 11.6 Å². The van der Waals surface area contributed by atoms with Crippen LogP contribution in [0.15, 0.2) is 78.9 Å². The van der Waals surface area contributed by atoms with E-state index >= 15 is 0 Å². The van der Waals surface area contributed by atoms with Gasteiger partial charge < -0.3 is 9.64 Å². The number of benzene rings is 3. The second-order valence-electron chi connectivity index (χ2n) is 7.91. The Balaban J connectivity index is 1.74. The van der Waals surface area contributed by atoms with Crippen LogP contribution in [0.1, 0.15) is 35.0 Å². The molecule has 0 saturated heterocycles. The van der Waals surface area contributed by atoms with Crippen molar-refractivity contribution in [2.45, 2.75) is 26.8 Å². The average molecular weight is 478 g/mol. The Bertz CT molecular complexity index is 1260. The van der Waals surface area contributed by atoms with E-state index in [-0.39, 0.29) is 11.7 Å². The van der Waals surface area contributed by atoms with Gasteiger partial charge in [-0.2, -0.15) is 5.10 Å². The number of ether oxygens (including phenoxy) is 1. The zero-order chi connectivity index (χ0) is 24.1. The first kappa shape index (κ1) is 23.5. The summed E-state index contributed by atoms with van der Waals surface area (Å²) in [6, 6.07) is 22.4. The molecule has 1 aromatic heterocycles. The Morgan fingerprint density at radius 3 is 2.35 bits per heavy atom. The van der Waals surface area contributed by atoms with Gasteiger partial charge in [0.15, 0.2) is 0 Å². The zero-order valence-corrected chi connectivity index (χ0v) is 19.8. The summed E-state index contributed by atoms with van der Waals surface area (Å²) in [7, 11) is 0. The van der Waals surface area contributed by atoms with E-state index in [1.54, 1.807) is 33.8 Å². The summed E-state index contributed by atoms with van der Waals surface area (Å²) >= 11 is 6.04. The molecule has 174 valence electrons. The Labute approximate surface area is 203 Å². The first-order chi connectivity index (χ1) is 16.5. The quantitative estimate of drug-likeness (QED) is 0.280. The van der Waals surface area contributed by atoms with Gasteiger partial charge in [-0.1, -0.05) is 36.7 Å². The number of aryl methyl sites for hydroxylation is 1. The van der Waals surface area contributed by atoms with Crippen LogP contribution in [-0.2, 0) is 6.54 Å². The van der Waals surface area contributed by atoms with Crippen molar-refractivity contribution >= 4 is 17.5 Å². The number of carbonyl (C=O) groups is 1. The zero-order valence-electron chi connectivity index (χ0n) is 19.0. The molecule has 0 fully saturated rings. The fourth-order valence-electron chi connectivity index (χ4n) is 3.67. The molecule has 0 aliphatic rings. The number of para-hydroxylation sites is 1. The number of hydrogen-bond donors (Lipinski definition) is 0. The molecule has 7 heteroatoms. The highest BCUT2D eigenvalue weighted by Crippen LogP contribution is 2.32. The highest BCUT2D eigenvalue weighted by Gasteiger charge is 2.24. The van der Waals surface area contributed by atoms with Crippen LogP contribution in [0.4, 0.5) is 4.39 Å². The van der Waals surface area contributed by atoms with Crippen molar-refractivity contribution in [1.82, 2.24) is 14.7 Å². The molecule has 0 saturated carbocycles. The largest absolute Gasteiger partial charge is 0.439 e. The maximum absolute atomic E-state index is 13.4. The minimum Gasteiger partial charge on any atom is -0.439 e. The lowest BCUT2D eigenvalue weighted by molar-refractivity contribution is 0.0742. The first-order valence-corrected chi connectivity index (χ1v) is 11.5. The molecule has 0 N–H and O–H groups in total. The number of rotatable bonds is 8. The molecule has 0 radical (unpaired) electrons. The SMILES string of the molecule is CCCN(Cc1c(C)nn(-c2ccccc2)c1Oc1ccc(Cl)cc1)C(=O)c1ccc(F)cc1. The van der Waals surface area contributed by atoms with E-state index in [4.69, 9.17) is 21.4 Å². The third kappa shape index (κ3) is 5.29. The molecule has 1 heterocycles. The smallest absolute Gasteiger partial charge is 0.254 e. The van der Waals surface area contributed by atoms with Gasteiger partial charge in [-0.15, -0.1) is 0 Å². The molecule has 5 nitrogen and oxygen atoms in total. The third-order valence-electron chi connectivity index (χ3n) is 5.39. The Kier molecular flexibility index (Phi) is 7.28. The molecule has 0 atom stereocenters. The number of nitrogens with zero attached hydrogens (tertiary/aromatic N) is 3. The van der Waals surface area contributed by atoms with Crippen LogP contribution in [-0.4, -0.2) is 27.1 Å². The molecule has 0 spiro atoms. The summed E-state index contributed by atoms with van der Waals surface area (Å²) in [6.45, 7) is 4.74. The standard InChI is InChI=1S/C27H25ClFN3O2/c1-3-17-31(26(33)20-9-13-22(29)14-10-20)18-25-19(2)30-32(23-7-5-4-6-8-23)27(25)34-24-15-11-21(28)12-16-24/h4-16H,3,17-18H2,1-2H3. The van der Waals surface area contributed by atoms with Crippen molar-refractivity contribution in [2.24, 2.45) is 0 Å². The maximum atomic E-state index is 13.4. The van der Waals surface area contributed by atoms with E-state index in [2.05, 4.69) is 0 Å². The first-order valence-electron chi connectivity index (χ1n) is 11.1. The van der Waals surface area contributed by atoms with Crippen LogP contribution in [0.25, 0.3) is 5.69 Å². The minimum absolute atomic E-state index is 0.175. The molecule has 1 amide bonds. The molecule has 0 bridgehead atoms. The topological polar surface area (TPSA) is 47.4 Å². The Hall–Kier alpha value is -3.64. The Morgan fingerprint density at radius 1 is 1.03 bits per heavy atom. The maximum Gasteiger partial charge on any atom is 0.254 e. The van der Waals surface area contributed by atoms with Gasteiger partial charge in [-0.3, -0.25) is 4.79 Å². The van der Waals surface area contributed by atoms with Crippen molar-refractivity contribution in [1.29, 1.82) is 0 Å². The van der Waals surface area contributed by atoms with Crippen LogP contribution in [0.5, 0.6) is 11.6 Å². The number of hydrogen-bond acceptors (Lipinski definition) is 3. The molecule has 0 aliphatic heterocycles. The van der Waals surface area contributed by atoms with E-state index in [0.29, 0.717) is 35.3 Å². The van der Waals surface area contributed by atoms with Gasteiger partial charge in [0.1, 0.15) is 11.6 Å². The van der Waals surface area contributed by atoms with Crippen LogP contribution in [0.3, 0.4) is 0 Å². The predicted molar refractivity (Wildman–Crippen MR) is 131 cm³/mol. The van der Waals surface area contributed by atoms with Crippen LogP contribution in [0, 0.1) is 12.7 Å². The van der Waals surface area contributed by atoms with Crippen molar-refractivity contribution in [3.8, 4) is 17.3 Å². The molecule has 0 aliphatic carbocycles. The van der Waals surface area contributed by atoms with Crippen molar-refractivity contribution in [3.63, 3.8) is 0 Å². The highest BCUT2D eigenvalue weighted by molar-refractivity contribution is 6.30. The van der Waals surface area contributed by atoms with Gasteiger partial charge in [-0.25, -0.2) is 9.07 Å². The third-order valence-corrected chi connectivity index (χ3v) is 5.64. The summed E-state index contributed by atoms with van der Waals surface area (Å²) in [5.74, 6) is 0.581. The average Bonchev–Trinajstić information content (AvgIpc) is 3.15. The van der Waals surface area contributed by atoms with Gasteiger partial charge in [0.25, 0.3) is 5.91 Å². The second-order valence-corrected chi connectivity index (χ2v) is 8.34. The molecule has 0 unspecified atom stereocenters. The summed E-state index contributed by atoms with van der Waals surface area (Å²) in [6.07, 6.45) is 0.770.